The van der Waals surface area contributed by atoms with Crippen LogP contribution in [0.4, 0.5) is 14.9 Å². The lowest BCUT2D eigenvalue weighted by Crippen LogP contribution is -2.35. The van der Waals surface area contributed by atoms with E-state index in [2.05, 4.69) is 10.6 Å². The maximum atomic E-state index is 13.2. The Labute approximate surface area is 177 Å². The van der Waals surface area contributed by atoms with E-state index in [9.17, 15) is 14.0 Å². The molecule has 3 aromatic rings. The quantitative estimate of drug-likeness (QED) is 0.494. The van der Waals surface area contributed by atoms with Crippen LogP contribution in [0.25, 0.3) is 0 Å². The number of amides is 3. The molecule has 4 N–H and O–H groups in total. The van der Waals surface area contributed by atoms with E-state index in [1.165, 1.54) is 12.1 Å². The van der Waals surface area contributed by atoms with Crippen molar-refractivity contribution in [2.24, 2.45) is 5.73 Å². The number of halogens is 2. The lowest BCUT2D eigenvalue weighted by Gasteiger charge is -2.19. The Morgan fingerprint density at radius 3 is 2.43 bits per heavy atom. The Hall–Kier alpha value is -3.58. The van der Waals surface area contributed by atoms with Crippen LogP contribution < -0.4 is 21.1 Å². The van der Waals surface area contributed by atoms with Gasteiger partial charge in [0.05, 0.1) is 23.2 Å². The Kier molecular flexibility index (Phi) is 6.87. The summed E-state index contributed by atoms with van der Waals surface area (Å²) in [5.41, 5.74) is 6.18. The molecule has 0 spiro atoms. The summed E-state index contributed by atoms with van der Waals surface area (Å²) in [6, 6.07) is 18.3. The first-order chi connectivity index (χ1) is 14.4. The van der Waals surface area contributed by atoms with Gasteiger partial charge < -0.3 is 21.1 Å². The first-order valence-corrected chi connectivity index (χ1v) is 9.42. The molecule has 3 amide bonds. The standard InChI is InChI=1S/C22H19ClFN3O3/c23-18-12-15(24)9-10-19(18)26-21(28)13-20(27-22(25)29)14-5-4-8-17(11-14)30-16-6-2-1-3-7-16/h1-12,20H,13H2,(H,26,28)(H3,25,27,29)/t20-/m0/s1. The van der Waals surface area contributed by atoms with Crippen molar-refractivity contribution >= 4 is 29.2 Å². The van der Waals surface area contributed by atoms with Crippen LogP contribution in [-0.4, -0.2) is 11.9 Å². The van der Waals surface area contributed by atoms with Crippen molar-refractivity contribution in [1.82, 2.24) is 5.32 Å². The molecule has 0 aromatic heterocycles. The third-order valence-electron chi connectivity index (χ3n) is 4.15. The van der Waals surface area contributed by atoms with Gasteiger partial charge in [-0.3, -0.25) is 4.79 Å². The van der Waals surface area contributed by atoms with Crippen molar-refractivity contribution in [2.75, 3.05) is 5.32 Å². The highest BCUT2D eigenvalue weighted by Gasteiger charge is 2.19. The topological polar surface area (TPSA) is 93.5 Å². The van der Waals surface area contributed by atoms with E-state index in [0.717, 1.165) is 6.07 Å². The normalized spacial score (nSPS) is 11.4. The van der Waals surface area contributed by atoms with Gasteiger partial charge in [-0.05, 0) is 48.0 Å². The van der Waals surface area contributed by atoms with Crippen molar-refractivity contribution in [1.29, 1.82) is 0 Å². The number of hydrogen-bond acceptors (Lipinski definition) is 3. The molecule has 6 nitrogen and oxygen atoms in total. The van der Waals surface area contributed by atoms with E-state index < -0.39 is 23.8 Å². The smallest absolute Gasteiger partial charge is 0.312 e. The summed E-state index contributed by atoms with van der Waals surface area (Å²) < 4.78 is 19.0. The Morgan fingerprint density at radius 2 is 1.73 bits per heavy atom. The first kappa shape index (κ1) is 21.1. The van der Waals surface area contributed by atoms with Crippen LogP contribution in [0.1, 0.15) is 18.0 Å². The molecule has 30 heavy (non-hydrogen) atoms. The van der Waals surface area contributed by atoms with E-state index in [4.69, 9.17) is 22.1 Å². The van der Waals surface area contributed by atoms with Crippen LogP contribution in [0.3, 0.4) is 0 Å². The van der Waals surface area contributed by atoms with Crippen LogP contribution in [0.2, 0.25) is 5.02 Å². The van der Waals surface area contributed by atoms with Gasteiger partial charge in [0, 0.05) is 0 Å². The molecule has 8 heteroatoms. The van der Waals surface area contributed by atoms with Crippen molar-refractivity contribution in [3.63, 3.8) is 0 Å². The van der Waals surface area contributed by atoms with Gasteiger partial charge in [-0.25, -0.2) is 9.18 Å². The number of carbonyl (C=O) groups excluding carboxylic acids is 2. The van der Waals surface area contributed by atoms with Crippen LogP contribution in [0, 0.1) is 5.82 Å². The highest BCUT2D eigenvalue weighted by atomic mass is 35.5. The van der Waals surface area contributed by atoms with Gasteiger partial charge in [-0.15, -0.1) is 0 Å². The molecule has 0 aliphatic rings. The maximum absolute atomic E-state index is 13.2. The number of urea groups is 1. The summed E-state index contributed by atoms with van der Waals surface area (Å²) in [4.78, 5) is 24.0. The van der Waals surface area contributed by atoms with Crippen molar-refractivity contribution < 1.29 is 18.7 Å². The average molecular weight is 428 g/mol. The van der Waals surface area contributed by atoms with Crippen molar-refractivity contribution in [2.45, 2.75) is 12.5 Å². The van der Waals surface area contributed by atoms with Gasteiger partial charge in [-0.2, -0.15) is 0 Å². The zero-order valence-electron chi connectivity index (χ0n) is 15.8. The van der Waals surface area contributed by atoms with E-state index >= 15 is 0 Å². The van der Waals surface area contributed by atoms with Gasteiger partial charge >= 0.3 is 6.03 Å². The molecule has 0 radical (unpaired) electrons. The fourth-order valence-electron chi connectivity index (χ4n) is 2.82. The van der Waals surface area contributed by atoms with E-state index in [-0.39, 0.29) is 17.1 Å². The van der Waals surface area contributed by atoms with Crippen molar-refractivity contribution in [3.8, 4) is 11.5 Å². The second kappa shape index (κ2) is 9.76. The fraction of sp³-hybridized carbons (Fsp3) is 0.0909. The molecule has 0 aliphatic heterocycles. The zero-order valence-corrected chi connectivity index (χ0v) is 16.5. The molecular formula is C22H19ClFN3O3. The number of ether oxygens (including phenoxy) is 1. The predicted molar refractivity (Wildman–Crippen MR) is 113 cm³/mol. The molecule has 0 saturated heterocycles. The Bertz CT molecular complexity index is 1050. The number of hydrogen-bond donors (Lipinski definition) is 3. The number of nitrogens with two attached hydrogens (primary N) is 1. The third kappa shape index (κ3) is 5.96. The molecule has 0 fully saturated rings. The molecule has 1 atom stereocenters. The summed E-state index contributed by atoms with van der Waals surface area (Å²) >= 11 is 5.95. The summed E-state index contributed by atoms with van der Waals surface area (Å²) in [6.07, 6.45) is -0.120. The number of nitrogens with one attached hydrogen (secondary N) is 2. The van der Waals surface area contributed by atoms with Crippen LogP contribution in [0.5, 0.6) is 11.5 Å². The average Bonchev–Trinajstić information content (AvgIpc) is 2.70. The highest BCUT2D eigenvalue weighted by molar-refractivity contribution is 6.33. The van der Waals surface area contributed by atoms with E-state index in [1.54, 1.807) is 24.3 Å². The maximum Gasteiger partial charge on any atom is 0.312 e. The summed E-state index contributed by atoms with van der Waals surface area (Å²) in [5, 5.41) is 5.23. The third-order valence-corrected chi connectivity index (χ3v) is 4.46. The van der Waals surface area contributed by atoms with Gasteiger partial charge in [0.1, 0.15) is 17.3 Å². The first-order valence-electron chi connectivity index (χ1n) is 9.04. The van der Waals surface area contributed by atoms with E-state index in [1.807, 2.05) is 30.3 Å². The van der Waals surface area contributed by atoms with Crippen LogP contribution >= 0.6 is 11.6 Å². The summed E-state index contributed by atoms with van der Waals surface area (Å²) in [5.74, 6) is 0.243. The number of carbonyl (C=O) groups is 2. The lowest BCUT2D eigenvalue weighted by molar-refractivity contribution is -0.116. The second-order valence-corrected chi connectivity index (χ2v) is 6.83. The molecular weight excluding hydrogens is 409 g/mol. The minimum absolute atomic E-state index is 0.0704. The lowest BCUT2D eigenvalue weighted by atomic mass is 10.0. The number of rotatable bonds is 7. The monoisotopic (exact) mass is 427 g/mol. The fourth-order valence-corrected chi connectivity index (χ4v) is 3.04. The van der Waals surface area contributed by atoms with Gasteiger partial charge in [0.2, 0.25) is 5.91 Å². The van der Waals surface area contributed by atoms with Crippen molar-refractivity contribution in [3.05, 3.63) is 89.2 Å². The molecule has 0 aliphatic carbocycles. The highest BCUT2D eigenvalue weighted by Crippen LogP contribution is 2.27. The molecule has 0 bridgehead atoms. The molecule has 154 valence electrons. The molecule has 0 heterocycles. The van der Waals surface area contributed by atoms with Crippen LogP contribution in [0.15, 0.2) is 72.8 Å². The number of para-hydroxylation sites is 1. The Balaban J connectivity index is 1.76. The minimum Gasteiger partial charge on any atom is -0.457 e. The molecule has 3 rings (SSSR count). The summed E-state index contributed by atoms with van der Waals surface area (Å²) in [7, 11) is 0. The molecule has 3 aromatic carbocycles. The van der Waals surface area contributed by atoms with Crippen LogP contribution in [-0.2, 0) is 4.79 Å². The van der Waals surface area contributed by atoms with Gasteiger partial charge in [0.15, 0.2) is 0 Å². The molecule has 0 saturated carbocycles. The number of anilines is 1. The largest absolute Gasteiger partial charge is 0.457 e. The van der Waals surface area contributed by atoms with Gasteiger partial charge in [-0.1, -0.05) is 41.9 Å². The van der Waals surface area contributed by atoms with Gasteiger partial charge in [0.25, 0.3) is 0 Å². The summed E-state index contributed by atoms with van der Waals surface area (Å²) in [6.45, 7) is 0. The second-order valence-electron chi connectivity index (χ2n) is 6.43. The Morgan fingerprint density at radius 1 is 1.00 bits per heavy atom. The minimum atomic E-state index is -0.776. The number of primary amides is 1. The number of benzene rings is 3. The SMILES string of the molecule is NC(=O)N[C@@H](CC(=O)Nc1ccc(F)cc1Cl)c1cccc(Oc2ccccc2)c1. The van der Waals surface area contributed by atoms with E-state index in [0.29, 0.717) is 17.1 Å². The zero-order chi connectivity index (χ0) is 21.5. The molecule has 0 unspecified atom stereocenters. The predicted octanol–water partition coefficient (Wildman–Crippen LogP) is 5.01.